The summed E-state index contributed by atoms with van der Waals surface area (Å²) in [7, 11) is 0. The van der Waals surface area contributed by atoms with Gasteiger partial charge in [-0.3, -0.25) is 0 Å². The molecule has 1 heterocycles. The average molecular weight is 457 g/mol. The van der Waals surface area contributed by atoms with Crippen molar-refractivity contribution in [1.82, 2.24) is 4.98 Å². The highest BCUT2D eigenvalue weighted by molar-refractivity contribution is 5.80. The maximum absolute atomic E-state index is 9.49. The Balaban J connectivity index is 1.33. The lowest BCUT2D eigenvalue weighted by atomic mass is 9.80. The molecule has 6 nitrogen and oxygen atoms in total. The molecule has 4 rings (SSSR count). The molecule has 1 N–H and O–H groups in total. The highest BCUT2D eigenvalue weighted by atomic mass is 16.5. The number of hydrogen-bond acceptors (Lipinski definition) is 6. The highest BCUT2D eigenvalue weighted by Gasteiger charge is 2.27. The van der Waals surface area contributed by atoms with E-state index in [9.17, 15) is 5.26 Å². The Morgan fingerprint density at radius 1 is 1.15 bits per heavy atom. The monoisotopic (exact) mass is 456 g/mol. The molecule has 0 spiro atoms. The number of unbranched alkanes of at least 4 members (excludes halogenated alkanes) is 1. The van der Waals surface area contributed by atoms with Crippen molar-refractivity contribution in [3.63, 3.8) is 0 Å². The first-order chi connectivity index (χ1) is 16.7. The number of oxazole rings is 1. The molecule has 0 bridgehead atoms. The van der Waals surface area contributed by atoms with E-state index >= 15 is 0 Å². The highest BCUT2D eigenvalue weighted by Crippen LogP contribution is 2.38. The van der Waals surface area contributed by atoms with Crippen LogP contribution in [0.1, 0.15) is 80.5 Å². The van der Waals surface area contributed by atoms with Crippen LogP contribution in [0.5, 0.6) is 5.75 Å². The lowest BCUT2D eigenvalue weighted by Gasteiger charge is -2.26. The van der Waals surface area contributed by atoms with Gasteiger partial charge in [-0.15, -0.1) is 0 Å². The van der Waals surface area contributed by atoms with Crippen LogP contribution < -0.4 is 10.2 Å². The van der Waals surface area contributed by atoms with E-state index in [0.717, 1.165) is 35.6 Å². The van der Waals surface area contributed by atoms with Crippen LogP contribution in [0.15, 0.2) is 64.1 Å². The standard InChI is InChI=1S/C28H32N4O2/c1-2-3-8-21-13-15-24(16-14-21)27-31-26(18-29)28(34-27)32-30-19-23-11-7-12-25(17-23)33-20-22-9-5-4-6-10-22/h4-7,9-12,17,19,21,24,32H,2-3,8,13-16,20H2,1H3. The SMILES string of the molecule is CCCCC1CCC(c2nc(C#N)c(NN=Cc3cccc(OCc4ccccc4)c3)o2)CC1. The average Bonchev–Trinajstić information content (AvgIpc) is 3.30. The minimum absolute atomic E-state index is 0.250. The van der Waals surface area contributed by atoms with Crippen molar-refractivity contribution in [3.8, 4) is 11.8 Å². The maximum atomic E-state index is 9.49. The molecule has 0 aliphatic heterocycles. The molecule has 6 heteroatoms. The van der Waals surface area contributed by atoms with E-state index < -0.39 is 0 Å². The molecule has 1 fully saturated rings. The number of benzene rings is 2. The smallest absolute Gasteiger partial charge is 0.252 e. The second-order valence-corrected chi connectivity index (χ2v) is 8.92. The molecule has 3 aromatic rings. The van der Waals surface area contributed by atoms with E-state index in [1.807, 2.05) is 54.6 Å². The number of nitriles is 1. The van der Waals surface area contributed by atoms with Crippen LogP contribution >= 0.6 is 0 Å². The number of hydrazone groups is 1. The summed E-state index contributed by atoms with van der Waals surface area (Å²) in [6, 6.07) is 19.9. The van der Waals surface area contributed by atoms with E-state index in [-0.39, 0.29) is 11.6 Å². The molecule has 2 aromatic carbocycles. The largest absolute Gasteiger partial charge is 0.489 e. The zero-order valence-electron chi connectivity index (χ0n) is 19.7. The zero-order chi connectivity index (χ0) is 23.6. The summed E-state index contributed by atoms with van der Waals surface area (Å²) in [5.41, 5.74) is 5.10. The summed E-state index contributed by atoms with van der Waals surface area (Å²) in [5, 5.41) is 13.8. The first-order valence-corrected chi connectivity index (χ1v) is 12.2. The Kier molecular flexibility index (Phi) is 8.34. The number of nitrogens with zero attached hydrogens (tertiary/aromatic N) is 3. The number of hydrogen-bond donors (Lipinski definition) is 1. The number of anilines is 1. The number of ether oxygens (including phenoxy) is 1. The Hall–Kier alpha value is -3.59. The van der Waals surface area contributed by atoms with Gasteiger partial charge in [-0.05, 0) is 54.9 Å². The third-order valence-electron chi connectivity index (χ3n) is 6.40. The van der Waals surface area contributed by atoms with Crippen molar-refractivity contribution in [2.45, 2.75) is 64.4 Å². The molecule has 1 aliphatic carbocycles. The van der Waals surface area contributed by atoms with Crippen LogP contribution in [0, 0.1) is 17.2 Å². The fraction of sp³-hybridized carbons (Fsp3) is 0.393. The van der Waals surface area contributed by atoms with Gasteiger partial charge >= 0.3 is 0 Å². The predicted octanol–water partition coefficient (Wildman–Crippen LogP) is 7.04. The lowest BCUT2D eigenvalue weighted by Crippen LogP contribution is -2.13. The van der Waals surface area contributed by atoms with Crippen LogP contribution in [-0.2, 0) is 6.61 Å². The second kappa shape index (κ2) is 12.0. The van der Waals surface area contributed by atoms with E-state index in [0.29, 0.717) is 18.4 Å². The third-order valence-corrected chi connectivity index (χ3v) is 6.40. The van der Waals surface area contributed by atoms with Crippen molar-refractivity contribution in [2.75, 3.05) is 5.43 Å². The van der Waals surface area contributed by atoms with Gasteiger partial charge in [0.25, 0.3) is 5.88 Å². The van der Waals surface area contributed by atoms with Crippen molar-refractivity contribution >= 4 is 12.1 Å². The fourth-order valence-electron chi connectivity index (χ4n) is 4.44. The Bertz CT molecular complexity index is 1110. The van der Waals surface area contributed by atoms with E-state index in [1.165, 1.54) is 32.1 Å². The van der Waals surface area contributed by atoms with Crippen LogP contribution in [0.3, 0.4) is 0 Å². The second-order valence-electron chi connectivity index (χ2n) is 8.92. The molecule has 1 saturated carbocycles. The number of rotatable bonds is 10. The van der Waals surface area contributed by atoms with Gasteiger partial charge in [0.2, 0.25) is 11.6 Å². The molecule has 1 aliphatic rings. The number of aromatic nitrogens is 1. The van der Waals surface area contributed by atoms with Gasteiger partial charge in [0.1, 0.15) is 18.4 Å². The van der Waals surface area contributed by atoms with Crippen LogP contribution in [-0.4, -0.2) is 11.2 Å². The maximum Gasteiger partial charge on any atom is 0.252 e. The molecular formula is C28H32N4O2. The first-order valence-electron chi connectivity index (χ1n) is 12.2. The van der Waals surface area contributed by atoms with Crippen LogP contribution in [0.2, 0.25) is 0 Å². The minimum atomic E-state index is 0.250. The van der Waals surface area contributed by atoms with Gasteiger partial charge in [-0.25, -0.2) is 10.4 Å². The normalized spacial score (nSPS) is 18.0. The summed E-state index contributed by atoms with van der Waals surface area (Å²) in [6.07, 6.45) is 10.1. The number of nitrogens with one attached hydrogen (secondary N) is 1. The quantitative estimate of drug-likeness (QED) is 0.261. The van der Waals surface area contributed by atoms with Crippen molar-refractivity contribution in [3.05, 3.63) is 77.3 Å². The van der Waals surface area contributed by atoms with E-state index in [1.54, 1.807) is 6.21 Å². The van der Waals surface area contributed by atoms with Gasteiger partial charge in [0.15, 0.2) is 0 Å². The Labute approximate surface area is 201 Å². The molecule has 176 valence electrons. The van der Waals surface area contributed by atoms with Crippen molar-refractivity contribution < 1.29 is 9.15 Å². The minimum Gasteiger partial charge on any atom is -0.489 e. The van der Waals surface area contributed by atoms with Gasteiger partial charge in [0.05, 0.1) is 6.21 Å². The summed E-state index contributed by atoms with van der Waals surface area (Å²) >= 11 is 0. The molecule has 0 unspecified atom stereocenters. The van der Waals surface area contributed by atoms with Gasteiger partial charge in [-0.1, -0.05) is 68.7 Å². The lowest BCUT2D eigenvalue weighted by molar-refractivity contribution is 0.278. The molecule has 1 aromatic heterocycles. The summed E-state index contributed by atoms with van der Waals surface area (Å²) in [5.74, 6) is 2.82. The van der Waals surface area contributed by atoms with Crippen molar-refractivity contribution in [2.24, 2.45) is 11.0 Å². The first kappa shape index (κ1) is 23.6. The molecular weight excluding hydrogens is 424 g/mol. The molecule has 0 saturated heterocycles. The fourth-order valence-corrected chi connectivity index (χ4v) is 4.44. The molecule has 0 radical (unpaired) electrons. The summed E-state index contributed by atoms with van der Waals surface area (Å²) < 4.78 is 11.8. The predicted molar refractivity (Wildman–Crippen MR) is 134 cm³/mol. The van der Waals surface area contributed by atoms with E-state index in [2.05, 4.69) is 28.5 Å². The molecule has 34 heavy (non-hydrogen) atoms. The Morgan fingerprint density at radius 3 is 2.74 bits per heavy atom. The van der Waals surface area contributed by atoms with E-state index in [4.69, 9.17) is 9.15 Å². The zero-order valence-corrected chi connectivity index (χ0v) is 19.7. The van der Waals surface area contributed by atoms with Gasteiger partial charge in [-0.2, -0.15) is 10.4 Å². The Morgan fingerprint density at radius 2 is 1.97 bits per heavy atom. The van der Waals surface area contributed by atoms with Crippen LogP contribution in [0.4, 0.5) is 5.88 Å². The molecule has 0 amide bonds. The van der Waals surface area contributed by atoms with Crippen molar-refractivity contribution in [1.29, 1.82) is 5.26 Å². The van der Waals surface area contributed by atoms with Gasteiger partial charge in [0, 0.05) is 5.92 Å². The topological polar surface area (TPSA) is 83.4 Å². The molecule has 0 atom stereocenters. The third kappa shape index (κ3) is 6.48. The van der Waals surface area contributed by atoms with Crippen LogP contribution in [0.25, 0.3) is 0 Å². The summed E-state index contributed by atoms with van der Waals surface area (Å²) in [6.45, 7) is 2.75. The summed E-state index contributed by atoms with van der Waals surface area (Å²) in [4.78, 5) is 4.45. The van der Waals surface area contributed by atoms with Gasteiger partial charge < -0.3 is 9.15 Å².